The van der Waals surface area contributed by atoms with Crippen molar-refractivity contribution in [2.75, 3.05) is 12.4 Å². The number of nitrogens with one attached hydrogen (secondary N) is 1. The molecule has 0 saturated heterocycles. The van der Waals surface area contributed by atoms with Gasteiger partial charge in [-0.2, -0.15) is 5.26 Å². The SMILES string of the molecule is COc1ccc(Cl)cc1NC(=O)Cc1ccc(C#N)cc1. The van der Waals surface area contributed by atoms with Gasteiger partial charge in [-0.25, -0.2) is 0 Å². The Morgan fingerprint density at radius 1 is 1.29 bits per heavy atom. The van der Waals surface area contributed by atoms with Gasteiger partial charge in [0.2, 0.25) is 5.91 Å². The van der Waals surface area contributed by atoms with Crippen LogP contribution in [0.3, 0.4) is 0 Å². The van der Waals surface area contributed by atoms with Crippen LogP contribution in [0, 0.1) is 11.3 Å². The number of carbonyl (C=O) groups is 1. The van der Waals surface area contributed by atoms with Gasteiger partial charge in [0.1, 0.15) is 5.75 Å². The summed E-state index contributed by atoms with van der Waals surface area (Å²) in [6, 6.07) is 13.9. The fourth-order valence-electron chi connectivity index (χ4n) is 1.85. The number of carbonyl (C=O) groups excluding carboxylic acids is 1. The molecule has 0 unspecified atom stereocenters. The number of amides is 1. The summed E-state index contributed by atoms with van der Waals surface area (Å²) in [6.45, 7) is 0. The van der Waals surface area contributed by atoms with Gasteiger partial charge in [-0.05, 0) is 35.9 Å². The number of ether oxygens (including phenoxy) is 1. The Morgan fingerprint density at radius 2 is 2.00 bits per heavy atom. The monoisotopic (exact) mass is 300 g/mol. The summed E-state index contributed by atoms with van der Waals surface area (Å²) >= 11 is 5.91. The number of anilines is 1. The lowest BCUT2D eigenvalue weighted by Crippen LogP contribution is -2.15. The topological polar surface area (TPSA) is 62.1 Å². The van der Waals surface area contributed by atoms with Gasteiger partial charge in [0.15, 0.2) is 0 Å². The largest absolute Gasteiger partial charge is 0.495 e. The maximum Gasteiger partial charge on any atom is 0.228 e. The lowest BCUT2D eigenvalue weighted by Gasteiger charge is -2.10. The summed E-state index contributed by atoms with van der Waals surface area (Å²) < 4.78 is 5.17. The van der Waals surface area contributed by atoms with Crippen molar-refractivity contribution in [3.63, 3.8) is 0 Å². The minimum atomic E-state index is -0.180. The molecule has 1 N–H and O–H groups in total. The van der Waals surface area contributed by atoms with E-state index in [0.29, 0.717) is 22.0 Å². The molecule has 4 nitrogen and oxygen atoms in total. The molecule has 0 spiro atoms. The minimum Gasteiger partial charge on any atom is -0.495 e. The molecule has 1 amide bonds. The number of nitrogens with zero attached hydrogens (tertiary/aromatic N) is 1. The predicted molar refractivity (Wildman–Crippen MR) is 81.5 cm³/mol. The van der Waals surface area contributed by atoms with Crippen LogP contribution in [0.4, 0.5) is 5.69 Å². The highest BCUT2D eigenvalue weighted by molar-refractivity contribution is 6.31. The number of hydrogen-bond acceptors (Lipinski definition) is 3. The van der Waals surface area contributed by atoms with Crippen molar-refractivity contribution >= 4 is 23.2 Å². The second-order valence-electron chi connectivity index (χ2n) is 4.38. The lowest BCUT2D eigenvalue weighted by atomic mass is 10.1. The van der Waals surface area contributed by atoms with E-state index in [4.69, 9.17) is 21.6 Å². The van der Waals surface area contributed by atoms with Crippen LogP contribution in [0.25, 0.3) is 0 Å². The van der Waals surface area contributed by atoms with E-state index < -0.39 is 0 Å². The maximum absolute atomic E-state index is 12.0. The molecule has 0 atom stereocenters. The molecule has 0 aliphatic heterocycles. The van der Waals surface area contributed by atoms with E-state index in [1.807, 2.05) is 6.07 Å². The molecule has 5 heteroatoms. The molecule has 0 aliphatic carbocycles. The number of nitriles is 1. The molecular formula is C16H13ClN2O2. The quantitative estimate of drug-likeness (QED) is 0.941. The van der Waals surface area contributed by atoms with Crippen LogP contribution >= 0.6 is 11.6 Å². The summed E-state index contributed by atoms with van der Waals surface area (Å²) in [5.74, 6) is 0.368. The molecule has 0 bridgehead atoms. The van der Waals surface area contributed by atoms with Crippen LogP contribution in [0.2, 0.25) is 5.02 Å². The van der Waals surface area contributed by atoms with Crippen molar-refractivity contribution in [3.8, 4) is 11.8 Å². The average Bonchev–Trinajstić information content (AvgIpc) is 2.48. The molecule has 0 heterocycles. The van der Waals surface area contributed by atoms with E-state index >= 15 is 0 Å². The van der Waals surface area contributed by atoms with Crippen molar-refractivity contribution in [3.05, 3.63) is 58.6 Å². The number of hydrogen-bond donors (Lipinski definition) is 1. The summed E-state index contributed by atoms with van der Waals surface area (Å²) in [5.41, 5.74) is 1.92. The Labute approximate surface area is 127 Å². The van der Waals surface area contributed by atoms with Crippen molar-refractivity contribution in [1.82, 2.24) is 0 Å². The van der Waals surface area contributed by atoms with Crippen molar-refractivity contribution in [1.29, 1.82) is 5.26 Å². The zero-order chi connectivity index (χ0) is 15.2. The first kappa shape index (κ1) is 14.9. The Bertz CT molecular complexity index is 690. The Morgan fingerprint density at radius 3 is 2.62 bits per heavy atom. The third-order valence-electron chi connectivity index (χ3n) is 2.88. The van der Waals surface area contributed by atoms with Gasteiger partial charge in [-0.1, -0.05) is 23.7 Å². The van der Waals surface area contributed by atoms with Crippen molar-refractivity contribution in [2.24, 2.45) is 0 Å². The maximum atomic E-state index is 12.0. The molecular weight excluding hydrogens is 288 g/mol. The van der Waals surface area contributed by atoms with Crippen LogP contribution in [0.1, 0.15) is 11.1 Å². The van der Waals surface area contributed by atoms with E-state index in [2.05, 4.69) is 5.32 Å². The summed E-state index contributed by atoms with van der Waals surface area (Å²) in [5, 5.41) is 12.0. The average molecular weight is 301 g/mol. The molecule has 106 valence electrons. The minimum absolute atomic E-state index is 0.180. The molecule has 21 heavy (non-hydrogen) atoms. The van der Waals surface area contributed by atoms with Crippen molar-refractivity contribution in [2.45, 2.75) is 6.42 Å². The fraction of sp³-hybridized carbons (Fsp3) is 0.125. The smallest absolute Gasteiger partial charge is 0.228 e. The summed E-state index contributed by atoms with van der Waals surface area (Å²) in [4.78, 5) is 12.0. The zero-order valence-corrected chi connectivity index (χ0v) is 12.1. The van der Waals surface area contributed by atoms with Crippen LogP contribution in [0.5, 0.6) is 5.75 Å². The Kier molecular flexibility index (Phi) is 4.81. The Balaban J connectivity index is 2.07. The van der Waals surface area contributed by atoms with E-state index in [-0.39, 0.29) is 12.3 Å². The first-order valence-corrected chi connectivity index (χ1v) is 6.62. The highest BCUT2D eigenvalue weighted by atomic mass is 35.5. The van der Waals surface area contributed by atoms with Gasteiger partial charge in [0.25, 0.3) is 0 Å². The molecule has 0 saturated carbocycles. The zero-order valence-electron chi connectivity index (χ0n) is 11.4. The third kappa shape index (κ3) is 3.98. The molecule has 2 aromatic rings. The first-order valence-electron chi connectivity index (χ1n) is 6.25. The molecule has 0 aliphatic rings. The van der Waals surface area contributed by atoms with Gasteiger partial charge in [0, 0.05) is 5.02 Å². The van der Waals surface area contributed by atoms with Gasteiger partial charge in [0.05, 0.1) is 30.9 Å². The van der Waals surface area contributed by atoms with Crippen LogP contribution in [0.15, 0.2) is 42.5 Å². The highest BCUT2D eigenvalue weighted by Crippen LogP contribution is 2.27. The summed E-state index contributed by atoms with van der Waals surface area (Å²) in [6.07, 6.45) is 0.210. The number of halogens is 1. The normalized spacial score (nSPS) is 9.76. The molecule has 0 aromatic heterocycles. The van der Waals surface area contributed by atoms with E-state index in [1.165, 1.54) is 7.11 Å². The fourth-order valence-corrected chi connectivity index (χ4v) is 2.03. The standard InChI is InChI=1S/C16H13ClN2O2/c1-21-15-7-6-13(17)9-14(15)19-16(20)8-11-2-4-12(10-18)5-3-11/h2-7,9H,8H2,1H3,(H,19,20). The van der Waals surface area contributed by atoms with Gasteiger partial charge < -0.3 is 10.1 Å². The second kappa shape index (κ2) is 6.78. The van der Waals surface area contributed by atoms with Gasteiger partial charge in [-0.15, -0.1) is 0 Å². The lowest BCUT2D eigenvalue weighted by molar-refractivity contribution is -0.115. The van der Waals surface area contributed by atoms with E-state index in [1.54, 1.807) is 42.5 Å². The third-order valence-corrected chi connectivity index (χ3v) is 3.12. The number of rotatable bonds is 4. The van der Waals surface area contributed by atoms with E-state index in [9.17, 15) is 4.79 Å². The Hall–Kier alpha value is -2.51. The number of methoxy groups -OCH3 is 1. The van der Waals surface area contributed by atoms with Crippen LogP contribution < -0.4 is 10.1 Å². The number of benzene rings is 2. The second-order valence-corrected chi connectivity index (χ2v) is 4.81. The summed E-state index contributed by atoms with van der Waals surface area (Å²) in [7, 11) is 1.53. The molecule has 2 rings (SSSR count). The molecule has 2 aromatic carbocycles. The van der Waals surface area contributed by atoms with Gasteiger partial charge >= 0.3 is 0 Å². The predicted octanol–water partition coefficient (Wildman–Crippen LogP) is 3.40. The highest BCUT2D eigenvalue weighted by Gasteiger charge is 2.09. The molecule has 0 radical (unpaired) electrons. The van der Waals surface area contributed by atoms with Crippen LogP contribution in [-0.2, 0) is 11.2 Å². The van der Waals surface area contributed by atoms with Crippen LogP contribution in [-0.4, -0.2) is 13.0 Å². The van der Waals surface area contributed by atoms with Crippen molar-refractivity contribution < 1.29 is 9.53 Å². The van der Waals surface area contributed by atoms with Gasteiger partial charge in [-0.3, -0.25) is 4.79 Å². The first-order chi connectivity index (χ1) is 10.1. The molecule has 0 fully saturated rings. The van der Waals surface area contributed by atoms with E-state index in [0.717, 1.165) is 5.56 Å².